The highest BCUT2D eigenvalue weighted by atomic mass is 16.1. The first-order valence-electron chi connectivity index (χ1n) is 7.07. The first-order valence-corrected chi connectivity index (χ1v) is 7.07. The minimum atomic E-state index is 0.0627. The van der Waals surface area contributed by atoms with Crippen molar-refractivity contribution in [3.05, 3.63) is 66.4 Å². The molecule has 2 aromatic carbocycles. The molecule has 2 heterocycles. The zero-order valence-electron chi connectivity index (χ0n) is 12.0. The molecule has 0 spiro atoms. The summed E-state index contributed by atoms with van der Waals surface area (Å²) in [6.07, 6.45) is 1.76. The molecule has 0 aromatic heterocycles. The van der Waals surface area contributed by atoms with E-state index in [1.165, 1.54) is 0 Å². The van der Waals surface area contributed by atoms with E-state index in [0.29, 0.717) is 5.56 Å². The molecule has 0 fully saturated rings. The fourth-order valence-electron chi connectivity index (χ4n) is 2.68. The number of carbonyl (C=O) groups is 1. The third-order valence-corrected chi connectivity index (χ3v) is 3.77. The topological polar surface area (TPSA) is 47.8 Å². The second-order valence-corrected chi connectivity index (χ2v) is 5.19. The number of benzene rings is 2. The van der Waals surface area contributed by atoms with Crippen molar-refractivity contribution in [2.75, 3.05) is 0 Å². The number of ketones is 1. The van der Waals surface area contributed by atoms with Gasteiger partial charge in [-0.1, -0.05) is 12.1 Å². The van der Waals surface area contributed by atoms with Gasteiger partial charge in [-0.15, -0.1) is 0 Å². The van der Waals surface area contributed by atoms with Gasteiger partial charge in [-0.25, -0.2) is 9.97 Å². The Bertz CT molecular complexity index is 954. The van der Waals surface area contributed by atoms with Gasteiger partial charge in [-0.2, -0.15) is 0 Å². The highest BCUT2D eigenvalue weighted by Crippen LogP contribution is 2.27. The van der Waals surface area contributed by atoms with Crippen LogP contribution >= 0.6 is 0 Å². The predicted octanol–water partition coefficient (Wildman–Crippen LogP) is 3.73. The smallest absolute Gasteiger partial charge is 0.163 e. The number of fused-ring (bicyclic) bond motifs is 2. The monoisotopic (exact) mass is 287 g/mol. The van der Waals surface area contributed by atoms with Crippen LogP contribution < -0.4 is 0 Å². The van der Waals surface area contributed by atoms with Crippen LogP contribution in [0, 0.1) is 0 Å². The number of rotatable bonds is 2. The Balaban J connectivity index is 2.03. The van der Waals surface area contributed by atoms with Crippen LogP contribution in [0.25, 0.3) is 28.2 Å². The maximum Gasteiger partial charge on any atom is 0.163 e. The molecule has 4 nitrogen and oxygen atoms in total. The Morgan fingerprint density at radius 2 is 1.77 bits per heavy atom. The molecule has 0 aliphatic carbocycles. The van der Waals surface area contributed by atoms with Crippen LogP contribution in [0.3, 0.4) is 0 Å². The molecule has 0 N–H and O–H groups in total. The van der Waals surface area contributed by atoms with Gasteiger partial charge in [0.1, 0.15) is 5.69 Å². The van der Waals surface area contributed by atoms with Crippen molar-refractivity contribution in [1.29, 1.82) is 0 Å². The Morgan fingerprint density at radius 1 is 1.00 bits per heavy atom. The summed E-state index contributed by atoms with van der Waals surface area (Å²) in [5, 5.41) is 0. The van der Waals surface area contributed by atoms with Crippen LogP contribution in [0.4, 0.5) is 0 Å². The van der Waals surface area contributed by atoms with Crippen LogP contribution in [0.2, 0.25) is 0 Å². The highest BCUT2D eigenvalue weighted by Gasteiger charge is 2.15. The summed E-state index contributed by atoms with van der Waals surface area (Å²) in [5.41, 5.74) is 4.43. The van der Waals surface area contributed by atoms with Crippen molar-refractivity contribution >= 4 is 16.8 Å². The summed E-state index contributed by atoms with van der Waals surface area (Å²) in [6, 6.07) is 17.4. The van der Waals surface area contributed by atoms with Gasteiger partial charge in [0.2, 0.25) is 0 Å². The number of para-hydroxylation sites is 2. The maximum absolute atomic E-state index is 11.4. The molecular formula is C18H13N3O. The van der Waals surface area contributed by atoms with Crippen molar-refractivity contribution in [2.24, 2.45) is 0 Å². The Hall–Kier alpha value is -3.01. The minimum absolute atomic E-state index is 0.0627. The van der Waals surface area contributed by atoms with E-state index in [9.17, 15) is 4.79 Å². The van der Waals surface area contributed by atoms with Crippen molar-refractivity contribution < 1.29 is 4.79 Å². The van der Waals surface area contributed by atoms with Crippen molar-refractivity contribution in [3.8, 4) is 17.2 Å². The molecule has 0 saturated carbocycles. The summed E-state index contributed by atoms with van der Waals surface area (Å²) < 4.78 is 2.07. The van der Waals surface area contributed by atoms with Gasteiger partial charge in [0.05, 0.1) is 11.0 Å². The van der Waals surface area contributed by atoms with E-state index >= 15 is 0 Å². The van der Waals surface area contributed by atoms with E-state index in [1.54, 1.807) is 13.1 Å². The van der Waals surface area contributed by atoms with Crippen molar-refractivity contribution in [3.63, 3.8) is 0 Å². The molecular weight excluding hydrogens is 274 g/mol. The number of nitrogens with zero attached hydrogens (tertiary/aromatic N) is 3. The van der Waals surface area contributed by atoms with Gasteiger partial charge in [0, 0.05) is 17.4 Å². The standard InChI is InChI=1S/C18H13N3O/c1-12(22)13-6-8-14(9-7-13)21-17-5-3-2-4-15(17)20-16-10-11-19-18(16)21/h2-11H,1H3. The molecule has 2 aliphatic rings. The molecule has 4 rings (SSSR count). The SMILES string of the molecule is CC(=O)c1ccc(-n2c3nccc-3nc3ccccc32)cc1. The zero-order chi connectivity index (χ0) is 15.1. The van der Waals surface area contributed by atoms with Crippen molar-refractivity contribution in [2.45, 2.75) is 6.92 Å². The molecule has 2 aliphatic heterocycles. The van der Waals surface area contributed by atoms with Gasteiger partial charge < -0.3 is 0 Å². The Morgan fingerprint density at radius 3 is 2.55 bits per heavy atom. The van der Waals surface area contributed by atoms with E-state index in [1.807, 2.05) is 54.6 Å². The second-order valence-electron chi connectivity index (χ2n) is 5.19. The molecule has 0 bridgehead atoms. The highest BCUT2D eigenvalue weighted by molar-refractivity contribution is 5.94. The third kappa shape index (κ3) is 1.89. The van der Waals surface area contributed by atoms with Crippen LogP contribution in [-0.2, 0) is 0 Å². The molecule has 0 radical (unpaired) electrons. The van der Waals surface area contributed by atoms with Gasteiger partial charge >= 0.3 is 0 Å². The lowest BCUT2D eigenvalue weighted by molar-refractivity contribution is 0.101. The molecule has 0 amide bonds. The van der Waals surface area contributed by atoms with Crippen LogP contribution in [0.1, 0.15) is 17.3 Å². The predicted molar refractivity (Wildman–Crippen MR) is 85.5 cm³/mol. The van der Waals surface area contributed by atoms with Gasteiger partial charge in [0.25, 0.3) is 0 Å². The Kier molecular flexibility index (Phi) is 2.76. The first-order chi connectivity index (χ1) is 10.7. The number of hydrogen-bond donors (Lipinski definition) is 0. The number of hydrogen-bond acceptors (Lipinski definition) is 3. The molecule has 2 aromatic rings. The number of carbonyl (C=O) groups excluding carboxylic acids is 1. The van der Waals surface area contributed by atoms with Gasteiger partial charge in [-0.05, 0) is 49.4 Å². The lowest BCUT2D eigenvalue weighted by Gasteiger charge is -2.15. The summed E-state index contributed by atoms with van der Waals surface area (Å²) in [4.78, 5) is 20.5. The maximum atomic E-state index is 11.4. The lowest BCUT2D eigenvalue weighted by atomic mass is 10.1. The van der Waals surface area contributed by atoms with E-state index in [4.69, 9.17) is 0 Å². The molecule has 0 atom stereocenters. The normalized spacial score (nSPS) is 11.1. The van der Waals surface area contributed by atoms with E-state index in [-0.39, 0.29) is 5.78 Å². The van der Waals surface area contributed by atoms with Crippen LogP contribution in [-0.4, -0.2) is 20.3 Å². The number of Topliss-reactive ketones (excluding diaryl/α,β-unsaturated/α-hetero) is 1. The fraction of sp³-hybridized carbons (Fsp3) is 0.0556. The second kappa shape index (κ2) is 4.77. The first kappa shape index (κ1) is 12.7. The molecule has 4 heteroatoms. The van der Waals surface area contributed by atoms with E-state index < -0.39 is 0 Å². The van der Waals surface area contributed by atoms with Crippen molar-refractivity contribution in [1.82, 2.24) is 14.5 Å². The fourth-order valence-corrected chi connectivity index (χ4v) is 2.68. The average Bonchev–Trinajstić information content (AvgIpc) is 3.00. The minimum Gasteiger partial charge on any atom is -0.295 e. The summed E-state index contributed by atoms with van der Waals surface area (Å²) in [7, 11) is 0. The third-order valence-electron chi connectivity index (χ3n) is 3.77. The largest absolute Gasteiger partial charge is 0.295 e. The van der Waals surface area contributed by atoms with Gasteiger partial charge in [0.15, 0.2) is 11.6 Å². The molecule has 106 valence electrons. The lowest BCUT2D eigenvalue weighted by Crippen LogP contribution is -2.05. The van der Waals surface area contributed by atoms with Crippen LogP contribution in [0.15, 0.2) is 60.8 Å². The van der Waals surface area contributed by atoms with E-state index in [2.05, 4.69) is 14.5 Å². The summed E-state index contributed by atoms with van der Waals surface area (Å²) >= 11 is 0. The molecule has 0 unspecified atom stereocenters. The molecule has 0 saturated heterocycles. The van der Waals surface area contributed by atoms with Gasteiger partial charge in [-0.3, -0.25) is 9.36 Å². The summed E-state index contributed by atoms with van der Waals surface area (Å²) in [6.45, 7) is 1.57. The Labute approximate surface area is 127 Å². The molecule has 22 heavy (non-hydrogen) atoms. The zero-order valence-corrected chi connectivity index (χ0v) is 12.0. The van der Waals surface area contributed by atoms with Crippen LogP contribution in [0.5, 0.6) is 0 Å². The quantitative estimate of drug-likeness (QED) is 0.528. The average molecular weight is 287 g/mol. The summed E-state index contributed by atoms with van der Waals surface area (Å²) in [5.74, 6) is 0.877. The number of aromatic nitrogens is 3. The van der Waals surface area contributed by atoms with E-state index in [0.717, 1.165) is 28.2 Å².